The average molecular weight is 288 g/mol. The third-order valence-corrected chi connectivity index (χ3v) is 5.10. The van der Waals surface area contributed by atoms with Crippen LogP contribution in [0.2, 0.25) is 0 Å². The van der Waals surface area contributed by atoms with Gasteiger partial charge >= 0.3 is 0 Å². The highest BCUT2D eigenvalue weighted by Gasteiger charge is 2.50. The number of hydrogen-bond donors (Lipinski definition) is 0. The lowest BCUT2D eigenvalue weighted by atomic mass is 9.92. The van der Waals surface area contributed by atoms with Crippen LogP contribution < -0.4 is 0 Å². The van der Waals surface area contributed by atoms with E-state index in [1.165, 1.54) is 36.8 Å². The molecular weight excluding hydrogens is 256 g/mol. The van der Waals surface area contributed by atoms with Crippen molar-refractivity contribution in [1.82, 2.24) is 0 Å². The van der Waals surface area contributed by atoms with Crippen molar-refractivity contribution in [1.29, 1.82) is 0 Å². The third kappa shape index (κ3) is 4.85. The number of hydrogen-bond acceptors (Lipinski definition) is 1. The van der Waals surface area contributed by atoms with Gasteiger partial charge in [-0.25, -0.2) is 0 Å². The van der Waals surface area contributed by atoms with E-state index in [0.29, 0.717) is 12.0 Å². The minimum Gasteiger partial charge on any atom is -0.366 e. The second-order valence-electron chi connectivity index (χ2n) is 7.46. The second kappa shape index (κ2) is 6.96. The van der Waals surface area contributed by atoms with E-state index >= 15 is 0 Å². The molecule has 0 bridgehead atoms. The molecule has 0 aromatic heterocycles. The first-order chi connectivity index (χ1) is 9.90. The predicted molar refractivity (Wildman–Crippen MR) is 91.4 cm³/mol. The minimum absolute atomic E-state index is 0.153. The van der Waals surface area contributed by atoms with Crippen molar-refractivity contribution in [3.05, 3.63) is 34.9 Å². The van der Waals surface area contributed by atoms with Gasteiger partial charge in [-0.15, -0.1) is 0 Å². The fourth-order valence-corrected chi connectivity index (χ4v) is 3.18. The summed E-state index contributed by atoms with van der Waals surface area (Å²) < 4.78 is 5.95. The van der Waals surface area contributed by atoms with E-state index in [-0.39, 0.29) is 5.60 Å². The van der Waals surface area contributed by atoms with Crippen LogP contribution in [0.4, 0.5) is 0 Å². The summed E-state index contributed by atoms with van der Waals surface area (Å²) in [6.45, 7) is 11.4. The Bertz CT molecular complexity index is 452. The highest BCUT2D eigenvalue weighted by atomic mass is 16.6. The molecule has 2 aliphatic rings. The third-order valence-electron chi connectivity index (χ3n) is 5.10. The van der Waals surface area contributed by atoms with Crippen LogP contribution in [0.15, 0.2) is 34.9 Å². The number of fused-ring (bicyclic) bond motifs is 1. The highest BCUT2D eigenvalue weighted by molar-refractivity contribution is 5.20. The zero-order chi connectivity index (χ0) is 15.5. The Labute approximate surface area is 131 Å². The zero-order valence-electron chi connectivity index (χ0n) is 14.5. The van der Waals surface area contributed by atoms with Gasteiger partial charge in [0.2, 0.25) is 0 Å². The number of rotatable bonds is 1. The first-order valence-electron chi connectivity index (χ1n) is 8.60. The van der Waals surface area contributed by atoms with E-state index in [9.17, 15) is 0 Å². The van der Waals surface area contributed by atoms with Gasteiger partial charge < -0.3 is 4.74 Å². The van der Waals surface area contributed by atoms with Crippen LogP contribution in [0.5, 0.6) is 0 Å². The molecule has 0 saturated carbocycles. The molecule has 1 saturated heterocycles. The van der Waals surface area contributed by atoms with Gasteiger partial charge in [-0.1, -0.05) is 48.8 Å². The Balaban J connectivity index is 2.11. The quantitative estimate of drug-likeness (QED) is 0.427. The smallest absolute Gasteiger partial charge is 0.0923 e. The van der Waals surface area contributed by atoms with Gasteiger partial charge in [0.25, 0.3) is 0 Å². The zero-order valence-corrected chi connectivity index (χ0v) is 14.5. The van der Waals surface area contributed by atoms with Gasteiger partial charge in [-0.05, 0) is 65.2 Å². The summed E-state index contributed by atoms with van der Waals surface area (Å²) in [7, 11) is 0. The molecule has 1 heteroatoms. The molecule has 1 nitrogen and oxygen atoms in total. The fraction of sp³-hybridized carbons (Fsp3) is 0.700. The molecule has 0 amide bonds. The molecule has 1 fully saturated rings. The largest absolute Gasteiger partial charge is 0.366 e. The Hall–Kier alpha value is -0.820. The summed E-state index contributed by atoms with van der Waals surface area (Å²) in [6.07, 6.45) is 14.7. The molecule has 0 aromatic carbocycles. The molecule has 2 atom stereocenters. The van der Waals surface area contributed by atoms with Crippen molar-refractivity contribution in [2.75, 3.05) is 0 Å². The van der Waals surface area contributed by atoms with Crippen LogP contribution in [-0.2, 0) is 4.74 Å². The van der Waals surface area contributed by atoms with Gasteiger partial charge in [0.15, 0.2) is 0 Å². The maximum Gasteiger partial charge on any atom is 0.0923 e. The van der Waals surface area contributed by atoms with Gasteiger partial charge in [0.1, 0.15) is 0 Å². The molecule has 1 aliphatic carbocycles. The normalized spacial score (nSPS) is 31.7. The Morgan fingerprint density at radius 3 is 2.57 bits per heavy atom. The molecule has 0 radical (unpaired) electrons. The number of allylic oxidation sites excluding steroid dienone is 6. The number of epoxide rings is 1. The standard InChI is InChI=1S/C20H32O/c1-15(2)18-11-8-16(3)7-6-14-20(5)19(21-20)13-10-17(4)9-12-18/h7,9,12,15,19H,6,8,10-11,13-14H2,1-5H3/t19-,20-/m0/s1. The van der Waals surface area contributed by atoms with Crippen LogP contribution >= 0.6 is 0 Å². The van der Waals surface area contributed by atoms with Crippen molar-refractivity contribution in [3.63, 3.8) is 0 Å². The molecule has 1 aliphatic heterocycles. The van der Waals surface area contributed by atoms with Crippen molar-refractivity contribution in [2.24, 2.45) is 5.92 Å². The summed E-state index contributed by atoms with van der Waals surface area (Å²) in [5.74, 6) is 0.643. The van der Waals surface area contributed by atoms with Crippen molar-refractivity contribution in [2.45, 2.75) is 84.8 Å². The van der Waals surface area contributed by atoms with E-state index in [0.717, 1.165) is 12.8 Å². The van der Waals surface area contributed by atoms with Crippen LogP contribution in [-0.4, -0.2) is 11.7 Å². The SMILES string of the molecule is CC1=CCC[C@]2(C)O[C@H]2CCC(C)=CC=C(C(C)C)CC1. The van der Waals surface area contributed by atoms with Gasteiger partial charge in [-0.2, -0.15) is 0 Å². The van der Waals surface area contributed by atoms with Crippen LogP contribution in [0.25, 0.3) is 0 Å². The summed E-state index contributed by atoms with van der Waals surface area (Å²) >= 11 is 0. The Morgan fingerprint density at radius 2 is 1.86 bits per heavy atom. The van der Waals surface area contributed by atoms with Crippen molar-refractivity contribution < 1.29 is 4.74 Å². The van der Waals surface area contributed by atoms with Gasteiger partial charge in [0.05, 0.1) is 11.7 Å². The van der Waals surface area contributed by atoms with E-state index in [1.54, 1.807) is 5.57 Å². The van der Waals surface area contributed by atoms with Crippen LogP contribution in [0.3, 0.4) is 0 Å². The maximum atomic E-state index is 5.95. The topological polar surface area (TPSA) is 12.5 Å². The van der Waals surface area contributed by atoms with E-state index in [1.807, 2.05) is 0 Å². The lowest BCUT2D eigenvalue weighted by Crippen LogP contribution is -2.09. The molecule has 0 spiro atoms. The Kier molecular flexibility index (Phi) is 5.48. The minimum atomic E-state index is 0.153. The predicted octanol–water partition coefficient (Wildman–Crippen LogP) is 5.97. The molecule has 21 heavy (non-hydrogen) atoms. The molecular formula is C20H32O. The molecule has 118 valence electrons. The van der Waals surface area contributed by atoms with Gasteiger partial charge in [-0.3, -0.25) is 0 Å². The summed E-state index contributed by atoms with van der Waals surface area (Å²) in [6, 6.07) is 0. The summed E-state index contributed by atoms with van der Waals surface area (Å²) in [5, 5.41) is 0. The summed E-state index contributed by atoms with van der Waals surface area (Å²) in [5.41, 5.74) is 4.74. The lowest BCUT2D eigenvalue weighted by Gasteiger charge is -2.12. The lowest BCUT2D eigenvalue weighted by molar-refractivity contribution is 0.295. The summed E-state index contributed by atoms with van der Waals surface area (Å²) in [4.78, 5) is 0. The first kappa shape index (κ1) is 16.5. The average Bonchev–Trinajstić information content (AvgIpc) is 3.06. The monoisotopic (exact) mass is 288 g/mol. The van der Waals surface area contributed by atoms with Gasteiger partial charge in [0, 0.05) is 0 Å². The Morgan fingerprint density at radius 1 is 1.10 bits per heavy atom. The van der Waals surface area contributed by atoms with E-state index in [4.69, 9.17) is 4.74 Å². The van der Waals surface area contributed by atoms with E-state index < -0.39 is 0 Å². The molecule has 1 heterocycles. The van der Waals surface area contributed by atoms with Crippen molar-refractivity contribution >= 4 is 0 Å². The first-order valence-corrected chi connectivity index (χ1v) is 8.60. The van der Waals surface area contributed by atoms with Crippen LogP contribution in [0, 0.1) is 5.92 Å². The molecule has 0 N–H and O–H groups in total. The molecule has 2 rings (SSSR count). The van der Waals surface area contributed by atoms with Crippen LogP contribution in [0.1, 0.15) is 73.1 Å². The highest BCUT2D eigenvalue weighted by Crippen LogP contribution is 2.43. The molecule has 0 unspecified atom stereocenters. The second-order valence-corrected chi connectivity index (χ2v) is 7.46. The fourth-order valence-electron chi connectivity index (χ4n) is 3.18. The number of ether oxygens (including phenoxy) is 1. The van der Waals surface area contributed by atoms with Crippen molar-refractivity contribution in [3.8, 4) is 0 Å². The van der Waals surface area contributed by atoms with E-state index in [2.05, 4.69) is 52.8 Å². The maximum absolute atomic E-state index is 5.95. The molecule has 0 aromatic rings.